The van der Waals surface area contributed by atoms with Crippen molar-refractivity contribution in [3.8, 4) is 5.75 Å². The van der Waals surface area contributed by atoms with Gasteiger partial charge in [0.2, 0.25) is 0 Å². The summed E-state index contributed by atoms with van der Waals surface area (Å²) >= 11 is 0. The van der Waals surface area contributed by atoms with E-state index in [1.54, 1.807) is 7.11 Å². The second kappa shape index (κ2) is 8.40. The number of anilines is 1. The molecule has 2 amide bonds. The topological polar surface area (TPSA) is 62.8 Å². The Bertz CT molecular complexity index is 929. The van der Waals surface area contributed by atoms with Crippen LogP contribution in [0.3, 0.4) is 0 Å². The van der Waals surface area contributed by atoms with Crippen LogP contribution in [0.4, 0.5) is 10.5 Å². The number of amides is 2. The van der Waals surface area contributed by atoms with Gasteiger partial charge in [-0.15, -0.1) is 0 Å². The van der Waals surface area contributed by atoms with E-state index in [-0.39, 0.29) is 11.6 Å². The second-order valence-electron chi connectivity index (χ2n) is 8.25. The van der Waals surface area contributed by atoms with E-state index in [0.29, 0.717) is 19.0 Å². The minimum atomic E-state index is -0.381. The number of urea groups is 1. The van der Waals surface area contributed by atoms with Gasteiger partial charge in [-0.1, -0.05) is 38.1 Å². The molecule has 2 aromatic carbocycles. The summed E-state index contributed by atoms with van der Waals surface area (Å²) in [6.45, 7) is 5.59. The fraction of sp³-hybridized carbons (Fsp3) is 0.375. The highest BCUT2D eigenvalue weighted by Gasteiger charge is 2.40. The highest BCUT2D eigenvalue weighted by Crippen LogP contribution is 2.35. The lowest BCUT2D eigenvalue weighted by molar-refractivity contribution is -0.0634. The molecule has 1 fully saturated rings. The molecule has 6 nitrogen and oxygen atoms in total. The maximum absolute atomic E-state index is 12.7. The predicted molar refractivity (Wildman–Crippen MR) is 118 cm³/mol. The van der Waals surface area contributed by atoms with Crippen molar-refractivity contribution in [2.75, 3.05) is 25.5 Å². The quantitative estimate of drug-likeness (QED) is 0.767. The molecule has 2 heterocycles. The van der Waals surface area contributed by atoms with Crippen molar-refractivity contribution in [2.45, 2.75) is 38.2 Å². The van der Waals surface area contributed by atoms with Crippen molar-refractivity contribution in [1.29, 1.82) is 0 Å². The fourth-order valence-electron chi connectivity index (χ4n) is 3.90. The summed E-state index contributed by atoms with van der Waals surface area (Å²) in [5, 5.41) is 3.01. The number of likely N-dealkylation sites (tertiary alicyclic amines) is 1. The van der Waals surface area contributed by atoms with Crippen molar-refractivity contribution < 1.29 is 14.4 Å². The van der Waals surface area contributed by atoms with Gasteiger partial charge in [-0.3, -0.25) is 10.3 Å². The lowest BCUT2D eigenvalue weighted by Crippen LogP contribution is -2.48. The number of nitrogens with one attached hydrogen (secondary N) is 2. The SMILES string of the molecule is COc1cccc(C2=CC3(CCN(C(=O)Nc4ccc(C(C)C)cc4)CC3)ON2)c1. The smallest absolute Gasteiger partial charge is 0.321 e. The Morgan fingerprint density at radius 1 is 1.17 bits per heavy atom. The number of methoxy groups -OCH3 is 1. The summed E-state index contributed by atoms with van der Waals surface area (Å²) in [4.78, 5) is 20.5. The Hall–Kier alpha value is -2.99. The van der Waals surface area contributed by atoms with E-state index < -0.39 is 0 Å². The molecular formula is C24H29N3O3. The van der Waals surface area contributed by atoms with Gasteiger partial charge in [0.1, 0.15) is 11.4 Å². The van der Waals surface area contributed by atoms with Crippen molar-refractivity contribution in [2.24, 2.45) is 0 Å². The second-order valence-corrected chi connectivity index (χ2v) is 8.25. The van der Waals surface area contributed by atoms with Crippen LogP contribution in [0.25, 0.3) is 5.70 Å². The van der Waals surface area contributed by atoms with Gasteiger partial charge in [0.15, 0.2) is 0 Å². The number of hydrogen-bond acceptors (Lipinski definition) is 4. The van der Waals surface area contributed by atoms with E-state index in [2.05, 4.69) is 42.9 Å². The Morgan fingerprint density at radius 2 is 1.90 bits per heavy atom. The molecule has 1 spiro atoms. The largest absolute Gasteiger partial charge is 0.497 e. The molecule has 0 unspecified atom stereocenters. The van der Waals surface area contributed by atoms with Gasteiger partial charge in [-0.05, 0) is 41.8 Å². The molecular weight excluding hydrogens is 378 g/mol. The number of nitrogens with zero attached hydrogens (tertiary/aromatic N) is 1. The number of carbonyl (C=O) groups excluding carboxylic acids is 1. The number of rotatable bonds is 4. The van der Waals surface area contributed by atoms with Crippen LogP contribution in [0.2, 0.25) is 0 Å². The van der Waals surface area contributed by atoms with Crippen molar-refractivity contribution >= 4 is 17.4 Å². The molecule has 30 heavy (non-hydrogen) atoms. The first-order chi connectivity index (χ1) is 14.5. The third kappa shape index (κ3) is 4.28. The standard InChI is InChI=1S/C24H29N3O3/c1-17(2)18-7-9-20(10-8-18)25-23(28)27-13-11-24(12-14-27)16-22(26-30-24)19-5-4-6-21(15-19)29-3/h4-10,15-17,26H,11-14H2,1-3H3,(H,25,28). The molecule has 4 rings (SSSR count). The van der Waals surface area contributed by atoms with E-state index in [4.69, 9.17) is 9.57 Å². The Labute approximate surface area is 177 Å². The molecule has 6 heteroatoms. The van der Waals surface area contributed by atoms with Gasteiger partial charge in [-0.25, -0.2) is 4.79 Å². The van der Waals surface area contributed by atoms with Crippen molar-refractivity contribution in [3.05, 3.63) is 65.7 Å². The molecule has 2 aliphatic rings. The van der Waals surface area contributed by atoms with Gasteiger partial charge < -0.3 is 15.0 Å². The summed E-state index contributed by atoms with van der Waals surface area (Å²) in [5.74, 6) is 1.28. The minimum absolute atomic E-state index is 0.0647. The van der Waals surface area contributed by atoms with Gasteiger partial charge in [0, 0.05) is 37.2 Å². The molecule has 1 saturated heterocycles. The van der Waals surface area contributed by atoms with E-state index in [0.717, 1.165) is 35.5 Å². The lowest BCUT2D eigenvalue weighted by atomic mass is 9.90. The number of piperidine rings is 1. The highest BCUT2D eigenvalue weighted by atomic mass is 16.7. The molecule has 0 radical (unpaired) electrons. The van der Waals surface area contributed by atoms with Crippen LogP contribution in [-0.4, -0.2) is 36.7 Å². The van der Waals surface area contributed by atoms with Gasteiger partial charge in [0.25, 0.3) is 0 Å². The van der Waals surface area contributed by atoms with E-state index in [1.807, 2.05) is 41.3 Å². The monoisotopic (exact) mass is 407 g/mol. The average molecular weight is 408 g/mol. The van der Waals surface area contributed by atoms with Crippen molar-refractivity contribution in [3.63, 3.8) is 0 Å². The molecule has 158 valence electrons. The molecule has 2 aliphatic heterocycles. The lowest BCUT2D eigenvalue weighted by Gasteiger charge is -2.36. The molecule has 2 N–H and O–H groups in total. The molecule has 0 aromatic heterocycles. The molecule has 0 bridgehead atoms. The van der Waals surface area contributed by atoms with Crippen LogP contribution in [0, 0.1) is 0 Å². The number of hydroxylamine groups is 1. The third-order valence-corrected chi connectivity index (χ3v) is 5.88. The van der Waals surface area contributed by atoms with E-state index >= 15 is 0 Å². The zero-order chi connectivity index (χ0) is 21.1. The first kappa shape index (κ1) is 20.3. The maximum atomic E-state index is 12.7. The summed E-state index contributed by atoms with van der Waals surface area (Å²) < 4.78 is 5.31. The highest BCUT2D eigenvalue weighted by molar-refractivity contribution is 5.89. The average Bonchev–Trinajstić information content (AvgIpc) is 3.18. The number of benzene rings is 2. The summed E-state index contributed by atoms with van der Waals surface area (Å²) in [6.07, 6.45) is 3.63. The maximum Gasteiger partial charge on any atom is 0.321 e. The van der Waals surface area contributed by atoms with Crippen LogP contribution >= 0.6 is 0 Å². The predicted octanol–water partition coefficient (Wildman–Crippen LogP) is 4.76. The summed E-state index contributed by atoms with van der Waals surface area (Å²) in [7, 11) is 1.66. The van der Waals surface area contributed by atoms with Crippen LogP contribution in [-0.2, 0) is 4.84 Å². The molecule has 0 saturated carbocycles. The summed E-state index contributed by atoms with van der Waals surface area (Å²) in [5.41, 5.74) is 6.74. The Balaban J connectivity index is 1.36. The van der Waals surface area contributed by atoms with Crippen LogP contribution in [0.5, 0.6) is 5.75 Å². The third-order valence-electron chi connectivity index (χ3n) is 5.88. The van der Waals surface area contributed by atoms with Crippen LogP contribution < -0.4 is 15.5 Å². The Kier molecular flexibility index (Phi) is 5.68. The van der Waals surface area contributed by atoms with Crippen LogP contribution in [0.15, 0.2) is 54.6 Å². The van der Waals surface area contributed by atoms with E-state index in [1.165, 1.54) is 5.56 Å². The number of ether oxygens (including phenoxy) is 1. The van der Waals surface area contributed by atoms with Crippen LogP contribution in [0.1, 0.15) is 43.7 Å². The molecule has 2 aromatic rings. The number of carbonyl (C=O) groups is 1. The zero-order valence-corrected chi connectivity index (χ0v) is 17.8. The summed E-state index contributed by atoms with van der Waals surface area (Å²) in [6, 6.07) is 15.9. The van der Waals surface area contributed by atoms with Gasteiger partial charge >= 0.3 is 6.03 Å². The molecule has 0 atom stereocenters. The molecule has 0 aliphatic carbocycles. The fourth-order valence-corrected chi connectivity index (χ4v) is 3.90. The van der Waals surface area contributed by atoms with Crippen molar-refractivity contribution in [1.82, 2.24) is 10.4 Å². The minimum Gasteiger partial charge on any atom is -0.497 e. The Morgan fingerprint density at radius 3 is 2.57 bits per heavy atom. The first-order valence-electron chi connectivity index (χ1n) is 10.5. The normalized spacial score (nSPS) is 17.6. The van der Waals surface area contributed by atoms with Gasteiger partial charge in [-0.2, -0.15) is 0 Å². The first-order valence-corrected chi connectivity index (χ1v) is 10.5. The zero-order valence-electron chi connectivity index (χ0n) is 17.8. The number of hydrogen-bond donors (Lipinski definition) is 2. The van der Waals surface area contributed by atoms with E-state index in [9.17, 15) is 4.79 Å². The van der Waals surface area contributed by atoms with Gasteiger partial charge in [0.05, 0.1) is 12.8 Å².